The molecule has 4 aromatic rings. The van der Waals surface area contributed by atoms with Crippen molar-refractivity contribution in [3.05, 3.63) is 81.3 Å². The van der Waals surface area contributed by atoms with Crippen LogP contribution in [0.2, 0.25) is 0 Å². The number of anilines is 3. The zero-order valence-corrected chi connectivity index (χ0v) is 25.3. The van der Waals surface area contributed by atoms with Crippen molar-refractivity contribution in [1.82, 2.24) is 19.9 Å². The maximum atomic E-state index is 13.6. The Morgan fingerprint density at radius 2 is 1.84 bits per heavy atom. The number of carbonyl (C=O) groups is 1. The van der Waals surface area contributed by atoms with Gasteiger partial charge in [-0.3, -0.25) is 14.9 Å². The number of fused-ring (bicyclic) bond motifs is 1. The van der Waals surface area contributed by atoms with E-state index in [1.807, 2.05) is 36.2 Å². The third kappa shape index (κ3) is 6.89. The number of carbonyl (C=O) groups excluding carboxylic acids is 1. The first kappa shape index (κ1) is 31.4. The minimum Gasteiger partial charge on any atom is -0.481 e. The van der Waals surface area contributed by atoms with Crippen LogP contribution in [-0.2, 0) is 17.4 Å². The van der Waals surface area contributed by atoms with Gasteiger partial charge < -0.3 is 19.9 Å². The van der Waals surface area contributed by atoms with Crippen molar-refractivity contribution in [2.24, 2.45) is 0 Å². The molecule has 236 valence electrons. The van der Waals surface area contributed by atoms with Gasteiger partial charge in [-0.25, -0.2) is 15.0 Å². The zero-order chi connectivity index (χ0) is 32.6. The molecule has 1 aliphatic rings. The van der Waals surface area contributed by atoms with Gasteiger partial charge in [0.1, 0.15) is 11.6 Å². The van der Waals surface area contributed by atoms with E-state index in [2.05, 4.69) is 10.3 Å². The Hall–Kier alpha value is -5.01. The fourth-order valence-corrected chi connectivity index (χ4v) is 4.87. The first-order chi connectivity index (χ1) is 21.2. The predicted octanol–water partition coefficient (Wildman–Crippen LogP) is 6.41. The number of hydrogen-bond acceptors (Lipinski definition) is 9. The van der Waals surface area contributed by atoms with Crippen LogP contribution >= 0.6 is 0 Å². The highest BCUT2D eigenvalue weighted by Gasteiger charge is 2.33. The number of pyridine rings is 1. The number of halogens is 3. The molecule has 0 spiro atoms. The number of nitro groups is 1. The lowest BCUT2D eigenvalue weighted by Crippen LogP contribution is -2.24. The van der Waals surface area contributed by atoms with Crippen LogP contribution in [0.15, 0.2) is 48.7 Å². The molecule has 2 aromatic heterocycles. The number of nitro benzene ring substituents is 1. The molecule has 1 atom stereocenters. The van der Waals surface area contributed by atoms with E-state index in [1.54, 1.807) is 27.2 Å². The summed E-state index contributed by atoms with van der Waals surface area (Å²) in [6, 6.07) is 9.20. The highest BCUT2D eigenvalue weighted by Crippen LogP contribution is 2.41. The summed E-state index contributed by atoms with van der Waals surface area (Å²) in [5.74, 6) is 1.45. The first-order valence-electron chi connectivity index (χ1n) is 14.2. The number of likely N-dealkylation sites (N-methyl/N-ethyl adjacent to an activating group) is 1. The number of nitrogens with zero attached hydrogens (tertiary/aromatic N) is 6. The van der Waals surface area contributed by atoms with Gasteiger partial charge in [0.25, 0.3) is 5.69 Å². The number of non-ortho nitro benzene ring substituents is 1. The van der Waals surface area contributed by atoms with Crippen LogP contribution < -0.4 is 15.0 Å². The van der Waals surface area contributed by atoms with Crippen LogP contribution in [0.1, 0.15) is 54.2 Å². The smallest absolute Gasteiger partial charge is 0.416 e. The lowest BCUT2D eigenvalue weighted by molar-refractivity contribution is -0.385. The summed E-state index contributed by atoms with van der Waals surface area (Å²) in [7, 11) is 6.66. The van der Waals surface area contributed by atoms with Crippen molar-refractivity contribution >= 4 is 39.7 Å². The molecule has 1 amide bonds. The second-order valence-corrected chi connectivity index (χ2v) is 11.2. The second-order valence-electron chi connectivity index (χ2n) is 11.2. The Balaban J connectivity index is 1.53. The quantitative estimate of drug-likeness (QED) is 0.158. The number of alkyl halides is 3. The third-order valence-corrected chi connectivity index (χ3v) is 7.69. The number of benzene rings is 2. The normalized spacial score (nSPS) is 13.8. The molecule has 1 N–H and O–H groups in total. The number of rotatable bonds is 10. The van der Waals surface area contributed by atoms with Crippen molar-refractivity contribution in [2.75, 3.05) is 38.5 Å². The average molecular weight is 624 g/mol. The monoisotopic (exact) mass is 623 g/mol. The lowest BCUT2D eigenvalue weighted by Gasteiger charge is -2.22. The molecule has 2 aromatic carbocycles. The maximum absolute atomic E-state index is 13.6. The topological polar surface area (TPSA) is 127 Å². The number of aromatic nitrogens is 3. The third-order valence-electron chi connectivity index (χ3n) is 7.69. The van der Waals surface area contributed by atoms with Crippen LogP contribution in [0.4, 0.5) is 36.1 Å². The van der Waals surface area contributed by atoms with E-state index in [1.165, 1.54) is 12.0 Å². The van der Waals surface area contributed by atoms with Gasteiger partial charge in [0.15, 0.2) is 0 Å². The Labute approximate surface area is 257 Å². The SMILES string of the molecule is COc1ncc(N(C)c2ccc3nc(C4CC4)nc(N[C@H](C)c4cc([N+](=O)[O-])cc(C(F)(F)F)c4)c3c2)cc1CC(=O)N(C)C. The van der Waals surface area contributed by atoms with E-state index in [9.17, 15) is 28.1 Å². The molecule has 0 bridgehead atoms. The van der Waals surface area contributed by atoms with E-state index in [0.717, 1.165) is 30.7 Å². The molecule has 5 rings (SSSR count). The molecule has 11 nitrogen and oxygen atoms in total. The summed E-state index contributed by atoms with van der Waals surface area (Å²) in [5, 5.41) is 15.2. The van der Waals surface area contributed by atoms with Gasteiger partial charge in [0.2, 0.25) is 11.8 Å². The standard InChI is InChI=1S/C31H32F3N7O4/c1-17(19-10-21(31(32,33)34)14-23(11-19)41(43)44)36-29-25-15-22(8-9-26(25)37-28(38-29)18-6-7-18)40(4)24-12-20(13-27(42)39(2)3)30(45-5)35-16-24/h8-12,14-18H,6-7,13H2,1-5H3,(H,36,37,38)/t17-/m1/s1. The lowest BCUT2D eigenvalue weighted by atomic mass is 10.0. The van der Waals surface area contributed by atoms with Gasteiger partial charge in [0, 0.05) is 55.8 Å². The van der Waals surface area contributed by atoms with Crippen molar-refractivity contribution in [3.63, 3.8) is 0 Å². The van der Waals surface area contributed by atoms with Crippen LogP contribution in [0.5, 0.6) is 5.88 Å². The fourth-order valence-electron chi connectivity index (χ4n) is 4.87. The summed E-state index contributed by atoms with van der Waals surface area (Å²) >= 11 is 0. The van der Waals surface area contributed by atoms with E-state index < -0.39 is 28.4 Å². The van der Waals surface area contributed by atoms with Gasteiger partial charge in [-0.2, -0.15) is 13.2 Å². The zero-order valence-electron chi connectivity index (χ0n) is 25.3. The summed E-state index contributed by atoms with van der Waals surface area (Å²) < 4.78 is 46.1. The minimum absolute atomic E-state index is 0.0913. The Bertz CT molecular complexity index is 1780. The first-order valence-corrected chi connectivity index (χ1v) is 14.2. The van der Waals surface area contributed by atoms with Gasteiger partial charge in [-0.05, 0) is 55.7 Å². The fraction of sp³-hybridized carbons (Fsp3) is 0.355. The van der Waals surface area contributed by atoms with Crippen LogP contribution in [0, 0.1) is 10.1 Å². The van der Waals surface area contributed by atoms with Crippen molar-refractivity contribution in [2.45, 2.75) is 44.3 Å². The van der Waals surface area contributed by atoms with Gasteiger partial charge in [-0.15, -0.1) is 0 Å². The number of ether oxygens (including phenoxy) is 1. The Morgan fingerprint density at radius 3 is 2.47 bits per heavy atom. The minimum atomic E-state index is -4.75. The molecule has 1 aliphatic carbocycles. The van der Waals surface area contributed by atoms with E-state index in [4.69, 9.17) is 14.7 Å². The van der Waals surface area contributed by atoms with Gasteiger partial charge in [-0.1, -0.05) is 0 Å². The molecule has 0 unspecified atom stereocenters. The van der Waals surface area contributed by atoms with Crippen molar-refractivity contribution < 1.29 is 27.6 Å². The molecule has 1 saturated carbocycles. The summed E-state index contributed by atoms with van der Waals surface area (Å²) in [4.78, 5) is 40.3. The largest absolute Gasteiger partial charge is 0.481 e. The summed E-state index contributed by atoms with van der Waals surface area (Å²) in [5.41, 5.74) is 1.01. The number of nitrogens with one attached hydrogen (secondary N) is 1. The van der Waals surface area contributed by atoms with Crippen LogP contribution in [0.25, 0.3) is 10.9 Å². The molecule has 45 heavy (non-hydrogen) atoms. The van der Waals surface area contributed by atoms with Crippen LogP contribution in [0.3, 0.4) is 0 Å². The number of hydrogen-bond donors (Lipinski definition) is 1. The summed E-state index contributed by atoms with van der Waals surface area (Å²) in [6.07, 6.45) is -1.16. The number of amides is 1. The van der Waals surface area contributed by atoms with Crippen molar-refractivity contribution in [1.29, 1.82) is 0 Å². The number of methoxy groups -OCH3 is 1. The van der Waals surface area contributed by atoms with E-state index in [-0.39, 0.29) is 23.8 Å². The average Bonchev–Trinajstić information content (AvgIpc) is 3.85. The van der Waals surface area contributed by atoms with Crippen LogP contribution in [-0.4, -0.2) is 58.9 Å². The Morgan fingerprint density at radius 1 is 1.11 bits per heavy atom. The highest BCUT2D eigenvalue weighted by molar-refractivity contribution is 5.92. The second kappa shape index (κ2) is 12.2. The maximum Gasteiger partial charge on any atom is 0.416 e. The van der Waals surface area contributed by atoms with Crippen molar-refractivity contribution in [3.8, 4) is 5.88 Å². The van der Waals surface area contributed by atoms with Gasteiger partial charge >= 0.3 is 6.18 Å². The molecule has 0 aliphatic heterocycles. The molecule has 1 fully saturated rings. The summed E-state index contributed by atoms with van der Waals surface area (Å²) in [6.45, 7) is 1.62. The molecular weight excluding hydrogens is 591 g/mol. The molecule has 14 heteroatoms. The molecule has 0 saturated heterocycles. The molecule has 2 heterocycles. The van der Waals surface area contributed by atoms with E-state index in [0.29, 0.717) is 45.7 Å². The highest BCUT2D eigenvalue weighted by atomic mass is 19.4. The molecule has 0 radical (unpaired) electrons. The molecular formula is C31H32F3N7O4. The van der Waals surface area contributed by atoms with E-state index >= 15 is 0 Å². The predicted molar refractivity (Wildman–Crippen MR) is 163 cm³/mol. The van der Waals surface area contributed by atoms with Gasteiger partial charge in [0.05, 0.1) is 47.5 Å². The Kier molecular flexibility index (Phi) is 8.50.